The maximum atomic E-state index is 12.6. The minimum Gasteiger partial charge on any atom is -0.506 e. The Morgan fingerprint density at radius 3 is 2.47 bits per heavy atom. The lowest BCUT2D eigenvalue weighted by Crippen LogP contribution is -2.38. The maximum Gasteiger partial charge on any atom is 0.310 e. The Morgan fingerprint density at radius 2 is 1.90 bits per heavy atom. The van der Waals surface area contributed by atoms with Gasteiger partial charge in [0.15, 0.2) is 0 Å². The zero-order valence-electron chi connectivity index (χ0n) is 18.7. The fraction of sp³-hybridized carbons (Fsp3) is 0.542. The Hall–Kier alpha value is -2.63. The van der Waals surface area contributed by atoms with E-state index in [0.717, 1.165) is 60.6 Å². The molecule has 162 valence electrons. The van der Waals surface area contributed by atoms with Gasteiger partial charge in [-0.3, -0.25) is 14.8 Å². The van der Waals surface area contributed by atoms with Crippen LogP contribution < -0.4 is 4.90 Å². The monoisotopic (exact) mass is 411 g/mol. The molecule has 0 amide bonds. The topological polar surface area (TPSA) is 75.6 Å². The van der Waals surface area contributed by atoms with Crippen molar-refractivity contribution in [1.82, 2.24) is 9.97 Å². The summed E-state index contributed by atoms with van der Waals surface area (Å²) in [6, 6.07) is 3.43. The van der Waals surface area contributed by atoms with Crippen LogP contribution in [0.3, 0.4) is 0 Å². The highest BCUT2D eigenvalue weighted by atomic mass is 16.5. The fourth-order valence-corrected chi connectivity index (χ4v) is 3.95. The first kappa shape index (κ1) is 22.1. The predicted octanol–water partition coefficient (Wildman–Crippen LogP) is 4.53. The van der Waals surface area contributed by atoms with Crippen molar-refractivity contribution in [2.24, 2.45) is 5.41 Å². The maximum absolute atomic E-state index is 12.6. The molecule has 0 atom stereocenters. The van der Waals surface area contributed by atoms with Gasteiger partial charge in [0.05, 0.1) is 30.1 Å². The van der Waals surface area contributed by atoms with Crippen LogP contribution in [-0.4, -0.2) is 40.2 Å². The second kappa shape index (κ2) is 9.02. The molecule has 1 saturated heterocycles. The normalized spacial score (nSPS) is 16.0. The molecule has 0 aliphatic carbocycles. The van der Waals surface area contributed by atoms with Gasteiger partial charge in [0.2, 0.25) is 0 Å². The van der Waals surface area contributed by atoms with Gasteiger partial charge in [-0.1, -0.05) is 20.8 Å². The van der Waals surface area contributed by atoms with Gasteiger partial charge in [-0.25, -0.2) is 0 Å². The number of aromatic nitrogens is 2. The van der Waals surface area contributed by atoms with E-state index in [1.165, 1.54) is 6.20 Å². The lowest BCUT2D eigenvalue weighted by atomic mass is 9.82. The van der Waals surface area contributed by atoms with Gasteiger partial charge in [0, 0.05) is 36.1 Å². The number of hydrogen-bond acceptors (Lipinski definition) is 6. The fourth-order valence-electron chi connectivity index (χ4n) is 3.95. The third-order valence-corrected chi connectivity index (χ3v) is 5.72. The molecule has 0 spiro atoms. The number of pyridine rings is 2. The van der Waals surface area contributed by atoms with Crippen molar-refractivity contribution >= 4 is 11.7 Å². The van der Waals surface area contributed by atoms with E-state index in [9.17, 15) is 9.90 Å². The summed E-state index contributed by atoms with van der Waals surface area (Å²) in [5.74, 6) is -0.116. The van der Waals surface area contributed by atoms with E-state index >= 15 is 0 Å². The van der Waals surface area contributed by atoms with Crippen molar-refractivity contribution in [3.8, 4) is 17.0 Å². The molecule has 0 unspecified atom stereocenters. The molecule has 30 heavy (non-hydrogen) atoms. The van der Waals surface area contributed by atoms with Gasteiger partial charge in [-0.15, -0.1) is 0 Å². The molecule has 6 nitrogen and oxygen atoms in total. The SMILES string of the molecule is CCc1ncc(-c2ccc(O)cn2)c(N2CCC(C)(C)CC2)c1CC(=O)OC(C)C. The number of ether oxygens (including phenoxy) is 1. The largest absolute Gasteiger partial charge is 0.506 e. The summed E-state index contributed by atoms with van der Waals surface area (Å²) in [4.78, 5) is 24.1. The quantitative estimate of drug-likeness (QED) is 0.704. The number of carbonyl (C=O) groups is 1. The lowest BCUT2D eigenvalue weighted by molar-refractivity contribution is -0.146. The van der Waals surface area contributed by atoms with Crippen LogP contribution in [0.25, 0.3) is 11.3 Å². The number of anilines is 1. The molecule has 1 fully saturated rings. The molecule has 2 aromatic rings. The van der Waals surface area contributed by atoms with Crippen LogP contribution in [0.15, 0.2) is 24.5 Å². The Bertz CT molecular complexity index is 881. The Balaban J connectivity index is 2.11. The molecule has 3 rings (SSSR count). The molecule has 3 heterocycles. The first-order chi connectivity index (χ1) is 14.2. The van der Waals surface area contributed by atoms with Crippen LogP contribution in [0.1, 0.15) is 58.7 Å². The predicted molar refractivity (Wildman–Crippen MR) is 119 cm³/mol. The van der Waals surface area contributed by atoms with Crippen molar-refractivity contribution in [3.05, 3.63) is 35.8 Å². The number of rotatable bonds is 6. The van der Waals surface area contributed by atoms with E-state index in [4.69, 9.17) is 4.74 Å². The molecular weight excluding hydrogens is 378 g/mol. The summed E-state index contributed by atoms with van der Waals surface area (Å²) in [7, 11) is 0. The number of aromatic hydroxyl groups is 1. The molecule has 2 aromatic heterocycles. The van der Waals surface area contributed by atoms with Gasteiger partial charge in [0.1, 0.15) is 5.75 Å². The number of piperidine rings is 1. The summed E-state index contributed by atoms with van der Waals surface area (Å²) >= 11 is 0. The van der Waals surface area contributed by atoms with Gasteiger partial charge >= 0.3 is 5.97 Å². The summed E-state index contributed by atoms with van der Waals surface area (Å²) in [6.45, 7) is 12.2. The van der Waals surface area contributed by atoms with E-state index in [-0.39, 0.29) is 24.2 Å². The molecule has 1 aliphatic heterocycles. The first-order valence-electron chi connectivity index (χ1n) is 10.8. The summed E-state index contributed by atoms with van der Waals surface area (Å²) in [5, 5.41) is 9.67. The standard InChI is InChI=1S/C24H33N3O3/c1-6-20-18(13-22(29)30-16(2)3)23(27-11-9-24(4,5)10-12-27)19(15-26-20)21-8-7-17(28)14-25-21/h7-8,14-16,28H,6,9-13H2,1-5H3. The number of aryl methyl sites for hydroxylation is 1. The Kier molecular flexibility index (Phi) is 6.64. The highest BCUT2D eigenvalue weighted by Gasteiger charge is 2.30. The van der Waals surface area contributed by atoms with Gasteiger partial charge in [0.25, 0.3) is 0 Å². The van der Waals surface area contributed by atoms with Crippen molar-refractivity contribution in [3.63, 3.8) is 0 Å². The third-order valence-electron chi connectivity index (χ3n) is 5.72. The van der Waals surface area contributed by atoms with E-state index in [1.54, 1.807) is 12.1 Å². The molecule has 1 aliphatic rings. The Labute approximate surface area is 179 Å². The minimum atomic E-state index is -0.240. The van der Waals surface area contributed by atoms with Crippen LogP contribution in [0.5, 0.6) is 5.75 Å². The summed E-state index contributed by atoms with van der Waals surface area (Å²) < 4.78 is 5.46. The van der Waals surface area contributed by atoms with Crippen molar-refractivity contribution < 1.29 is 14.6 Å². The molecule has 0 aromatic carbocycles. The van der Waals surface area contributed by atoms with Crippen molar-refractivity contribution in [2.45, 2.75) is 66.4 Å². The van der Waals surface area contributed by atoms with Gasteiger partial charge in [-0.2, -0.15) is 0 Å². The smallest absolute Gasteiger partial charge is 0.310 e. The van der Waals surface area contributed by atoms with Gasteiger partial charge in [-0.05, 0) is 50.7 Å². The van der Waals surface area contributed by atoms with E-state index in [2.05, 4.69) is 35.6 Å². The zero-order chi connectivity index (χ0) is 21.9. The molecular formula is C24H33N3O3. The lowest BCUT2D eigenvalue weighted by Gasteiger charge is -2.40. The zero-order valence-corrected chi connectivity index (χ0v) is 18.7. The summed E-state index contributed by atoms with van der Waals surface area (Å²) in [5.41, 5.74) is 4.80. The number of hydrogen-bond donors (Lipinski definition) is 1. The van der Waals surface area contributed by atoms with Crippen LogP contribution >= 0.6 is 0 Å². The molecule has 1 N–H and O–H groups in total. The van der Waals surface area contributed by atoms with Crippen molar-refractivity contribution in [1.29, 1.82) is 0 Å². The first-order valence-corrected chi connectivity index (χ1v) is 10.8. The van der Waals surface area contributed by atoms with Crippen LogP contribution in [0.2, 0.25) is 0 Å². The average Bonchev–Trinajstić information content (AvgIpc) is 2.68. The molecule has 6 heteroatoms. The van der Waals surface area contributed by atoms with Crippen LogP contribution in [-0.2, 0) is 22.4 Å². The van der Waals surface area contributed by atoms with E-state index < -0.39 is 0 Å². The second-order valence-electron chi connectivity index (χ2n) is 9.07. The average molecular weight is 412 g/mol. The number of esters is 1. The number of nitrogens with zero attached hydrogens (tertiary/aromatic N) is 3. The molecule has 0 bridgehead atoms. The minimum absolute atomic E-state index is 0.124. The second-order valence-corrected chi connectivity index (χ2v) is 9.07. The van der Waals surface area contributed by atoms with E-state index in [0.29, 0.717) is 5.41 Å². The summed E-state index contributed by atoms with van der Waals surface area (Å²) in [6.07, 6.45) is 6.22. The van der Waals surface area contributed by atoms with Crippen LogP contribution in [0.4, 0.5) is 5.69 Å². The Morgan fingerprint density at radius 1 is 1.20 bits per heavy atom. The highest BCUT2D eigenvalue weighted by molar-refractivity contribution is 5.84. The number of carbonyl (C=O) groups excluding carboxylic acids is 1. The highest BCUT2D eigenvalue weighted by Crippen LogP contribution is 2.39. The van der Waals surface area contributed by atoms with Crippen molar-refractivity contribution in [2.75, 3.05) is 18.0 Å². The molecule has 0 radical (unpaired) electrons. The third kappa shape index (κ3) is 5.10. The van der Waals surface area contributed by atoms with E-state index in [1.807, 2.05) is 20.0 Å². The molecule has 0 saturated carbocycles. The van der Waals surface area contributed by atoms with Gasteiger partial charge < -0.3 is 14.7 Å². The van der Waals surface area contributed by atoms with Crippen LogP contribution in [0, 0.1) is 5.41 Å².